The first-order valence-electron chi connectivity index (χ1n) is 8.81. The zero-order chi connectivity index (χ0) is 21.7. The van der Waals surface area contributed by atoms with E-state index < -0.39 is 34.2 Å². The number of amides is 2. The number of carbonyl (C=O) groups is 2. The number of rotatable bonds is 7. The smallest absolute Gasteiger partial charge is 0.264 e. The van der Waals surface area contributed by atoms with Gasteiger partial charge in [0.1, 0.15) is 12.4 Å². The van der Waals surface area contributed by atoms with Gasteiger partial charge in [-0.25, -0.2) is 12.8 Å². The Morgan fingerprint density at radius 1 is 0.900 bits per heavy atom. The van der Waals surface area contributed by atoms with Crippen molar-refractivity contribution < 1.29 is 22.4 Å². The molecule has 0 aliphatic rings. The average Bonchev–Trinajstić information content (AvgIpc) is 2.73. The van der Waals surface area contributed by atoms with Crippen molar-refractivity contribution >= 4 is 33.2 Å². The predicted molar refractivity (Wildman–Crippen MR) is 111 cm³/mol. The number of hydrogen-bond acceptors (Lipinski definition) is 4. The minimum absolute atomic E-state index is 0.0641. The van der Waals surface area contributed by atoms with Crippen LogP contribution in [0, 0.1) is 5.82 Å². The van der Waals surface area contributed by atoms with Gasteiger partial charge in [0.05, 0.1) is 21.8 Å². The van der Waals surface area contributed by atoms with Crippen LogP contribution in [0.3, 0.4) is 0 Å². The van der Waals surface area contributed by atoms with Crippen molar-refractivity contribution in [3.63, 3.8) is 0 Å². The molecular weight excluding hydrogens is 409 g/mol. The summed E-state index contributed by atoms with van der Waals surface area (Å²) in [5, 5.41) is 2.47. The Morgan fingerprint density at radius 3 is 2.17 bits per heavy atom. The molecule has 0 radical (unpaired) electrons. The van der Waals surface area contributed by atoms with E-state index in [4.69, 9.17) is 5.73 Å². The van der Waals surface area contributed by atoms with Crippen LogP contribution in [0.1, 0.15) is 10.4 Å². The van der Waals surface area contributed by atoms with Crippen LogP contribution < -0.4 is 15.4 Å². The molecule has 7 nitrogen and oxygen atoms in total. The van der Waals surface area contributed by atoms with Gasteiger partial charge in [0.15, 0.2) is 0 Å². The number of halogens is 1. The molecule has 3 N–H and O–H groups in total. The fourth-order valence-corrected chi connectivity index (χ4v) is 4.25. The molecule has 0 unspecified atom stereocenters. The Labute approximate surface area is 173 Å². The normalized spacial score (nSPS) is 11.0. The first-order chi connectivity index (χ1) is 14.3. The Hall–Kier alpha value is -3.72. The third-order valence-corrected chi connectivity index (χ3v) is 5.98. The largest absolute Gasteiger partial charge is 0.366 e. The monoisotopic (exact) mass is 427 g/mol. The van der Waals surface area contributed by atoms with Crippen molar-refractivity contribution in [3.8, 4) is 0 Å². The summed E-state index contributed by atoms with van der Waals surface area (Å²) >= 11 is 0. The van der Waals surface area contributed by atoms with Crippen molar-refractivity contribution in [1.82, 2.24) is 0 Å². The lowest BCUT2D eigenvalue weighted by molar-refractivity contribution is -0.114. The number of nitrogens with one attached hydrogen (secondary N) is 1. The Kier molecular flexibility index (Phi) is 6.12. The lowest BCUT2D eigenvalue weighted by atomic mass is 10.1. The lowest BCUT2D eigenvalue weighted by Gasteiger charge is -2.24. The van der Waals surface area contributed by atoms with Gasteiger partial charge in [-0.05, 0) is 36.4 Å². The van der Waals surface area contributed by atoms with Crippen LogP contribution in [0.15, 0.2) is 83.8 Å². The molecule has 9 heteroatoms. The molecule has 0 aliphatic carbocycles. The molecule has 0 atom stereocenters. The van der Waals surface area contributed by atoms with Crippen molar-refractivity contribution in [3.05, 3.63) is 90.2 Å². The van der Waals surface area contributed by atoms with E-state index in [1.165, 1.54) is 54.6 Å². The van der Waals surface area contributed by atoms with Crippen LogP contribution >= 0.6 is 0 Å². The second-order valence-corrected chi connectivity index (χ2v) is 8.10. The number of hydrogen-bond donors (Lipinski definition) is 2. The van der Waals surface area contributed by atoms with Crippen LogP contribution in [0.4, 0.5) is 15.8 Å². The third kappa shape index (κ3) is 4.47. The van der Waals surface area contributed by atoms with Crippen molar-refractivity contribution in [2.24, 2.45) is 5.73 Å². The highest BCUT2D eigenvalue weighted by Crippen LogP contribution is 2.26. The molecule has 2 amide bonds. The predicted octanol–water partition coefficient (Wildman–Crippen LogP) is 2.76. The van der Waals surface area contributed by atoms with Gasteiger partial charge in [-0.2, -0.15) is 0 Å². The fraction of sp³-hybridized carbons (Fsp3) is 0.0476. The van der Waals surface area contributed by atoms with Gasteiger partial charge >= 0.3 is 0 Å². The Morgan fingerprint density at radius 2 is 1.50 bits per heavy atom. The molecule has 3 aromatic rings. The molecule has 0 aromatic heterocycles. The van der Waals surface area contributed by atoms with Crippen LogP contribution in [0.2, 0.25) is 0 Å². The van der Waals surface area contributed by atoms with Gasteiger partial charge in [-0.15, -0.1) is 0 Å². The summed E-state index contributed by atoms with van der Waals surface area (Å²) in [5.41, 5.74) is 5.21. The van der Waals surface area contributed by atoms with Crippen molar-refractivity contribution in [2.45, 2.75) is 4.90 Å². The standard InChI is InChI=1S/C21H18FN3O4S/c22-17-11-5-7-13-19(17)25(30(28,29)15-8-2-1-3-9-15)14-20(26)24-18-12-6-4-10-16(18)21(23)27/h1-13H,14H2,(H2,23,27)(H,24,26). The van der Waals surface area contributed by atoms with Crippen LogP contribution in [0.5, 0.6) is 0 Å². The maximum atomic E-state index is 14.4. The highest BCUT2D eigenvalue weighted by molar-refractivity contribution is 7.92. The Bertz CT molecular complexity index is 1180. The third-order valence-electron chi connectivity index (χ3n) is 4.21. The highest BCUT2D eigenvalue weighted by Gasteiger charge is 2.29. The first-order valence-corrected chi connectivity index (χ1v) is 10.3. The summed E-state index contributed by atoms with van der Waals surface area (Å²) in [7, 11) is -4.25. The SMILES string of the molecule is NC(=O)c1ccccc1NC(=O)CN(c1ccccc1F)S(=O)(=O)c1ccccc1. The molecule has 3 aromatic carbocycles. The number of carbonyl (C=O) groups excluding carboxylic acids is 2. The van der Waals surface area contributed by atoms with E-state index in [1.807, 2.05) is 0 Å². The van der Waals surface area contributed by atoms with Gasteiger partial charge < -0.3 is 11.1 Å². The number of nitrogens with zero attached hydrogens (tertiary/aromatic N) is 1. The number of anilines is 2. The molecule has 0 spiro atoms. The van der Waals surface area contributed by atoms with Crippen LogP contribution in [-0.4, -0.2) is 26.8 Å². The van der Waals surface area contributed by atoms with Crippen molar-refractivity contribution in [2.75, 3.05) is 16.2 Å². The van der Waals surface area contributed by atoms with Crippen molar-refractivity contribution in [1.29, 1.82) is 0 Å². The van der Waals surface area contributed by atoms with E-state index in [0.29, 0.717) is 4.31 Å². The van der Waals surface area contributed by atoms with E-state index in [1.54, 1.807) is 18.2 Å². The van der Waals surface area contributed by atoms with E-state index in [0.717, 1.165) is 6.07 Å². The summed E-state index contributed by atoms with van der Waals surface area (Å²) in [5.74, 6) is -2.33. The van der Waals surface area contributed by atoms with Gasteiger partial charge in [0.2, 0.25) is 5.91 Å². The maximum absolute atomic E-state index is 14.4. The van der Waals surface area contributed by atoms with E-state index in [9.17, 15) is 22.4 Å². The molecule has 0 saturated heterocycles. The quantitative estimate of drug-likeness (QED) is 0.604. The topological polar surface area (TPSA) is 110 Å². The van der Waals surface area contributed by atoms with E-state index >= 15 is 0 Å². The zero-order valence-corrected chi connectivity index (χ0v) is 16.5. The van der Waals surface area contributed by atoms with Gasteiger partial charge in [0, 0.05) is 0 Å². The lowest BCUT2D eigenvalue weighted by Crippen LogP contribution is -2.39. The molecule has 0 heterocycles. The van der Waals surface area contributed by atoms with Crippen LogP contribution in [0.25, 0.3) is 0 Å². The number of nitrogens with two attached hydrogens (primary N) is 1. The number of benzene rings is 3. The summed E-state index contributed by atoms with van der Waals surface area (Å²) in [6.07, 6.45) is 0. The van der Waals surface area contributed by atoms with E-state index in [-0.39, 0.29) is 21.8 Å². The number of primary amides is 1. The molecular formula is C21H18FN3O4S. The minimum atomic E-state index is -4.25. The first kappa shape index (κ1) is 21.0. The second kappa shape index (κ2) is 8.75. The maximum Gasteiger partial charge on any atom is 0.264 e. The molecule has 0 bridgehead atoms. The Balaban J connectivity index is 1.97. The van der Waals surface area contributed by atoms with Crippen LogP contribution in [-0.2, 0) is 14.8 Å². The summed E-state index contributed by atoms with van der Waals surface area (Å²) in [6, 6.07) is 18.7. The highest BCUT2D eigenvalue weighted by atomic mass is 32.2. The summed E-state index contributed by atoms with van der Waals surface area (Å²) in [4.78, 5) is 24.1. The zero-order valence-electron chi connectivity index (χ0n) is 15.7. The summed E-state index contributed by atoms with van der Waals surface area (Å²) < 4.78 is 41.4. The fourth-order valence-electron chi connectivity index (χ4n) is 2.80. The van der Waals surface area contributed by atoms with E-state index in [2.05, 4.69) is 5.32 Å². The minimum Gasteiger partial charge on any atom is -0.366 e. The summed E-state index contributed by atoms with van der Waals surface area (Å²) in [6.45, 7) is -0.717. The average molecular weight is 427 g/mol. The molecule has 0 saturated carbocycles. The molecule has 3 rings (SSSR count). The molecule has 154 valence electrons. The van der Waals surface area contributed by atoms with Gasteiger partial charge in [-0.3, -0.25) is 13.9 Å². The number of para-hydroxylation sites is 2. The number of sulfonamides is 1. The molecule has 30 heavy (non-hydrogen) atoms. The molecule has 0 aliphatic heterocycles. The van der Waals surface area contributed by atoms with Gasteiger partial charge in [-0.1, -0.05) is 42.5 Å². The van der Waals surface area contributed by atoms with Gasteiger partial charge in [0.25, 0.3) is 15.9 Å². The second-order valence-electron chi connectivity index (χ2n) is 6.23. The molecule has 0 fully saturated rings.